The molecule has 3 aromatic rings. The predicted octanol–water partition coefficient (Wildman–Crippen LogP) is 4.47. The van der Waals surface area contributed by atoms with Crippen LogP contribution in [0.25, 0.3) is 10.9 Å². The molecular formula is C18H16ClNO3. The Labute approximate surface area is 138 Å². The first kappa shape index (κ1) is 15.6. The van der Waals surface area contributed by atoms with E-state index >= 15 is 0 Å². The highest BCUT2D eigenvalue weighted by Gasteiger charge is 2.26. The highest BCUT2D eigenvalue weighted by atomic mass is 35.5. The van der Waals surface area contributed by atoms with Crippen LogP contribution in [-0.4, -0.2) is 16.1 Å². The van der Waals surface area contributed by atoms with Gasteiger partial charge in [0.2, 0.25) is 0 Å². The number of ether oxygens (including phenoxy) is 1. The highest BCUT2D eigenvalue weighted by molar-refractivity contribution is 6.31. The van der Waals surface area contributed by atoms with Crippen LogP contribution in [0.5, 0.6) is 0 Å². The number of benzene rings is 2. The molecule has 5 heteroatoms. The van der Waals surface area contributed by atoms with Gasteiger partial charge in [-0.1, -0.05) is 48.0 Å². The Hall–Kier alpha value is -2.30. The summed E-state index contributed by atoms with van der Waals surface area (Å²) < 4.78 is 5.70. The van der Waals surface area contributed by atoms with E-state index in [0.29, 0.717) is 10.6 Å². The Morgan fingerprint density at radius 1 is 1.22 bits per heavy atom. The number of halogens is 1. The second-order valence-corrected chi connectivity index (χ2v) is 5.74. The van der Waals surface area contributed by atoms with E-state index in [-0.39, 0.29) is 6.61 Å². The number of hydrogen-bond donors (Lipinski definition) is 2. The number of nitrogens with one attached hydrogen (secondary N) is 1. The van der Waals surface area contributed by atoms with Gasteiger partial charge >= 0.3 is 5.97 Å². The summed E-state index contributed by atoms with van der Waals surface area (Å²) in [5, 5.41) is 11.0. The molecule has 1 aromatic heterocycles. The normalized spacial score (nSPS) is 12.4. The number of H-pyrrole nitrogens is 1. The smallest absolute Gasteiger partial charge is 0.337 e. The van der Waals surface area contributed by atoms with Crippen molar-refractivity contribution >= 4 is 28.5 Å². The summed E-state index contributed by atoms with van der Waals surface area (Å²) in [5.41, 5.74) is 3.10. The lowest BCUT2D eigenvalue weighted by molar-refractivity contribution is -0.151. The number of carboxylic acids is 1. The fourth-order valence-electron chi connectivity index (χ4n) is 2.70. The zero-order chi connectivity index (χ0) is 16.4. The van der Waals surface area contributed by atoms with Gasteiger partial charge in [0.25, 0.3) is 0 Å². The molecule has 0 bridgehead atoms. The van der Waals surface area contributed by atoms with Crippen LogP contribution in [-0.2, 0) is 16.1 Å². The lowest BCUT2D eigenvalue weighted by atomic mass is 10.1. The molecule has 0 radical (unpaired) electrons. The molecule has 1 heterocycles. The molecule has 0 fully saturated rings. The monoisotopic (exact) mass is 329 g/mol. The van der Waals surface area contributed by atoms with E-state index < -0.39 is 12.1 Å². The maximum absolute atomic E-state index is 11.7. The van der Waals surface area contributed by atoms with Crippen LogP contribution in [0.4, 0.5) is 0 Å². The summed E-state index contributed by atoms with van der Waals surface area (Å²) >= 11 is 6.10. The van der Waals surface area contributed by atoms with Gasteiger partial charge in [0.15, 0.2) is 6.10 Å². The molecule has 1 unspecified atom stereocenters. The number of aromatic nitrogens is 1. The molecule has 0 aliphatic heterocycles. The summed E-state index contributed by atoms with van der Waals surface area (Å²) in [6.45, 7) is 1.99. The minimum absolute atomic E-state index is 0.135. The van der Waals surface area contributed by atoms with Gasteiger partial charge in [-0.15, -0.1) is 0 Å². The Kier molecular flexibility index (Phi) is 4.37. The van der Waals surface area contributed by atoms with E-state index in [2.05, 4.69) is 4.98 Å². The van der Waals surface area contributed by atoms with E-state index in [0.717, 1.165) is 22.2 Å². The SMILES string of the molecule is Cc1[nH]c2ccccc2c1C(OCc1ccccc1Cl)C(=O)O. The van der Waals surface area contributed by atoms with Gasteiger partial charge in [-0.3, -0.25) is 0 Å². The molecule has 2 N–H and O–H groups in total. The lowest BCUT2D eigenvalue weighted by Gasteiger charge is -2.15. The number of aromatic amines is 1. The Morgan fingerprint density at radius 3 is 2.65 bits per heavy atom. The second kappa shape index (κ2) is 6.44. The number of carbonyl (C=O) groups is 1. The Balaban J connectivity index is 1.94. The van der Waals surface area contributed by atoms with E-state index in [4.69, 9.17) is 16.3 Å². The van der Waals surface area contributed by atoms with E-state index in [1.807, 2.05) is 49.4 Å². The highest BCUT2D eigenvalue weighted by Crippen LogP contribution is 2.31. The van der Waals surface area contributed by atoms with Crippen molar-refractivity contribution in [3.63, 3.8) is 0 Å². The Morgan fingerprint density at radius 2 is 1.91 bits per heavy atom. The summed E-state index contributed by atoms with van der Waals surface area (Å²) in [4.78, 5) is 14.9. The van der Waals surface area contributed by atoms with Gasteiger partial charge < -0.3 is 14.8 Å². The van der Waals surface area contributed by atoms with Crippen LogP contribution in [0, 0.1) is 6.92 Å². The fraction of sp³-hybridized carbons (Fsp3) is 0.167. The fourth-order valence-corrected chi connectivity index (χ4v) is 2.89. The zero-order valence-electron chi connectivity index (χ0n) is 12.5. The molecule has 0 saturated carbocycles. The molecular weight excluding hydrogens is 314 g/mol. The third kappa shape index (κ3) is 3.09. The topological polar surface area (TPSA) is 62.3 Å². The molecule has 1 atom stereocenters. The molecule has 0 spiro atoms. The van der Waals surface area contributed by atoms with Crippen molar-refractivity contribution < 1.29 is 14.6 Å². The van der Waals surface area contributed by atoms with E-state index in [1.165, 1.54) is 0 Å². The standard InChI is InChI=1S/C18H16ClNO3/c1-11-16(13-7-3-5-9-15(13)20-11)17(18(21)22)23-10-12-6-2-4-8-14(12)19/h2-9,17,20H,10H2,1H3,(H,21,22). The van der Waals surface area contributed by atoms with Gasteiger partial charge in [-0.2, -0.15) is 0 Å². The van der Waals surface area contributed by atoms with Gasteiger partial charge in [0.1, 0.15) is 0 Å². The summed E-state index contributed by atoms with van der Waals surface area (Å²) in [6.07, 6.45) is -1.05. The van der Waals surface area contributed by atoms with Crippen LogP contribution in [0.1, 0.15) is 22.9 Å². The van der Waals surface area contributed by atoms with Crippen LogP contribution in [0.15, 0.2) is 48.5 Å². The maximum Gasteiger partial charge on any atom is 0.337 e. The number of hydrogen-bond acceptors (Lipinski definition) is 2. The molecule has 3 rings (SSSR count). The number of para-hydroxylation sites is 1. The van der Waals surface area contributed by atoms with Gasteiger partial charge in [0.05, 0.1) is 6.61 Å². The van der Waals surface area contributed by atoms with Gasteiger partial charge in [-0.05, 0) is 24.6 Å². The first-order valence-electron chi connectivity index (χ1n) is 7.23. The molecule has 0 saturated heterocycles. The average molecular weight is 330 g/mol. The van der Waals surface area contributed by atoms with Crippen LogP contribution >= 0.6 is 11.6 Å². The quantitative estimate of drug-likeness (QED) is 0.725. The summed E-state index contributed by atoms with van der Waals surface area (Å²) in [5.74, 6) is -1.02. The molecule has 23 heavy (non-hydrogen) atoms. The number of fused-ring (bicyclic) bond motifs is 1. The van der Waals surface area contributed by atoms with Crippen molar-refractivity contribution in [2.45, 2.75) is 19.6 Å². The van der Waals surface area contributed by atoms with Crippen molar-refractivity contribution in [1.82, 2.24) is 4.98 Å². The zero-order valence-corrected chi connectivity index (χ0v) is 13.3. The maximum atomic E-state index is 11.7. The number of rotatable bonds is 5. The van der Waals surface area contributed by atoms with Gasteiger partial charge in [0, 0.05) is 27.2 Å². The number of aryl methyl sites for hydroxylation is 1. The predicted molar refractivity (Wildman–Crippen MR) is 89.7 cm³/mol. The molecule has 0 aliphatic carbocycles. The second-order valence-electron chi connectivity index (χ2n) is 5.33. The Bertz CT molecular complexity index is 856. The lowest BCUT2D eigenvalue weighted by Crippen LogP contribution is -2.16. The third-order valence-corrected chi connectivity index (χ3v) is 4.16. The van der Waals surface area contributed by atoms with Crippen molar-refractivity contribution in [3.05, 3.63) is 70.4 Å². The first-order valence-corrected chi connectivity index (χ1v) is 7.60. The molecule has 0 aliphatic rings. The van der Waals surface area contributed by atoms with Gasteiger partial charge in [-0.25, -0.2) is 4.79 Å². The first-order chi connectivity index (χ1) is 11.1. The van der Waals surface area contributed by atoms with Crippen LogP contribution in [0.3, 0.4) is 0 Å². The molecule has 118 valence electrons. The third-order valence-electron chi connectivity index (χ3n) is 3.79. The average Bonchev–Trinajstić information content (AvgIpc) is 2.85. The molecule has 2 aromatic carbocycles. The minimum Gasteiger partial charge on any atom is -0.479 e. The van der Waals surface area contributed by atoms with E-state index in [1.54, 1.807) is 6.07 Å². The minimum atomic E-state index is -1.05. The molecule has 4 nitrogen and oxygen atoms in total. The van der Waals surface area contributed by atoms with Crippen molar-refractivity contribution in [3.8, 4) is 0 Å². The van der Waals surface area contributed by atoms with Crippen molar-refractivity contribution in [2.75, 3.05) is 0 Å². The van der Waals surface area contributed by atoms with Crippen LogP contribution < -0.4 is 0 Å². The number of carboxylic acid groups (broad SMARTS) is 1. The van der Waals surface area contributed by atoms with Crippen molar-refractivity contribution in [1.29, 1.82) is 0 Å². The molecule has 0 amide bonds. The number of aliphatic carboxylic acids is 1. The summed E-state index contributed by atoms with van der Waals surface area (Å²) in [7, 11) is 0. The summed E-state index contributed by atoms with van der Waals surface area (Å²) in [6, 6.07) is 14.8. The van der Waals surface area contributed by atoms with Crippen molar-refractivity contribution in [2.24, 2.45) is 0 Å². The largest absolute Gasteiger partial charge is 0.479 e. The van der Waals surface area contributed by atoms with E-state index in [9.17, 15) is 9.90 Å². The van der Waals surface area contributed by atoms with Crippen LogP contribution in [0.2, 0.25) is 5.02 Å².